The number of nitrogens with zero attached hydrogens (tertiary/aromatic N) is 2. The van der Waals surface area contributed by atoms with Crippen LogP contribution in [-0.4, -0.2) is 35.1 Å². The molecule has 2 atom stereocenters. The zero-order valence-electron chi connectivity index (χ0n) is 12.9. The molecular formula is C16H29N3. The lowest BCUT2D eigenvalue weighted by molar-refractivity contribution is 0.143. The molecular weight excluding hydrogens is 234 g/mol. The zero-order chi connectivity index (χ0) is 14.0. The number of hydrogen-bond donors (Lipinski definition) is 1. The van der Waals surface area contributed by atoms with Crippen LogP contribution in [0.1, 0.15) is 59.8 Å². The van der Waals surface area contributed by atoms with Crippen LogP contribution in [0.2, 0.25) is 0 Å². The molecule has 19 heavy (non-hydrogen) atoms. The van der Waals surface area contributed by atoms with Crippen molar-refractivity contribution in [3.05, 3.63) is 0 Å². The van der Waals surface area contributed by atoms with Crippen LogP contribution in [0.4, 0.5) is 0 Å². The highest BCUT2D eigenvalue weighted by Gasteiger charge is 2.43. The topological polar surface area (TPSA) is 39.1 Å². The van der Waals surface area contributed by atoms with Crippen molar-refractivity contribution in [3.63, 3.8) is 0 Å². The van der Waals surface area contributed by atoms with Crippen molar-refractivity contribution in [1.29, 1.82) is 5.26 Å². The molecule has 0 aromatic heterocycles. The van der Waals surface area contributed by atoms with Gasteiger partial charge in [-0.3, -0.25) is 10.2 Å². The molecule has 2 aliphatic rings. The van der Waals surface area contributed by atoms with Gasteiger partial charge in [-0.25, -0.2) is 0 Å². The zero-order valence-corrected chi connectivity index (χ0v) is 12.9. The van der Waals surface area contributed by atoms with Crippen LogP contribution in [0, 0.1) is 17.2 Å². The van der Waals surface area contributed by atoms with E-state index in [1.807, 2.05) is 0 Å². The van der Waals surface area contributed by atoms with Gasteiger partial charge in [0.25, 0.3) is 0 Å². The van der Waals surface area contributed by atoms with E-state index >= 15 is 0 Å². The normalized spacial score (nSPS) is 31.4. The average molecular weight is 263 g/mol. The summed E-state index contributed by atoms with van der Waals surface area (Å²) in [5.74, 6) is 0.928. The van der Waals surface area contributed by atoms with Crippen molar-refractivity contribution in [2.75, 3.05) is 6.54 Å². The molecule has 0 aliphatic heterocycles. The SMILES string of the molecule is CC(C)NC1(C#N)CCC(N(CC2CC2)C(C)C)C1. The summed E-state index contributed by atoms with van der Waals surface area (Å²) in [7, 11) is 0. The van der Waals surface area contributed by atoms with Crippen molar-refractivity contribution in [1.82, 2.24) is 10.2 Å². The van der Waals surface area contributed by atoms with E-state index < -0.39 is 0 Å². The van der Waals surface area contributed by atoms with Gasteiger partial charge in [0.15, 0.2) is 0 Å². The highest BCUT2D eigenvalue weighted by atomic mass is 15.2. The predicted molar refractivity (Wildman–Crippen MR) is 78.8 cm³/mol. The Kier molecular flexibility index (Phi) is 4.53. The van der Waals surface area contributed by atoms with Crippen molar-refractivity contribution < 1.29 is 0 Å². The molecule has 2 rings (SSSR count). The van der Waals surface area contributed by atoms with Gasteiger partial charge >= 0.3 is 0 Å². The van der Waals surface area contributed by atoms with Crippen molar-refractivity contribution in [3.8, 4) is 6.07 Å². The van der Waals surface area contributed by atoms with Gasteiger partial charge in [-0.2, -0.15) is 5.26 Å². The Bertz CT molecular complexity index is 340. The van der Waals surface area contributed by atoms with E-state index in [0.717, 1.165) is 25.2 Å². The van der Waals surface area contributed by atoms with Gasteiger partial charge in [-0.05, 0) is 65.7 Å². The lowest BCUT2D eigenvalue weighted by Gasteiger charge is -2.34. The van der Waals surface area contributed by atoms with Crippen molar-refractivity contribution in [2.45, 2.75) is 83.5 Å². The molecule has 2 unspecified atom stereocenters. The number of rotatable bonds is 6. The quantitative estimate of drug-likeness (QED) is 0.801. The lowest BCUT2D eigenvalue weighted by Crippen LogP contribution is -2.48. The standard InChI is InChI=1S/C16H29N3/c1-12(2)18-16(11-17)8-7-15(9-16)19(13(3)4)10-14-5-6-14/h12-15,18H,5-10H2,1-4H3. The van der Waals surface area contributed by atoms with Crippen LogP contribution < -0.4 is 5.32 Å². The Labute approximate surface area is 118 Å². The van der Waals surface area contributed by atoms with Gasteiger partial charge in [0, 0.05) is 24.7 Å². The molecule has 0 spiro atoms. The van der Waals surface area contributed by atoms with Gasteiger partial charge in [-0.1, -0.05) is 0 Å². The molecule has 108 valence electrons. The summed E-state index contributed by atoms with van der Waals surface area (Å²) in [4.78, 5) is 2.65. The van der Waals surface area contributed by atoms with Gasteiger partial charge in [0.1, 0.15) is 5.54 Å². The fraction of sp³-hybridized carbons (Fsp3) is 0.938. The molecule has 3 heteroatoms. The molecule has 2 saturated carbocycles. The van der Waals surface area contributed by atoms with E-state index in [1.165, 1.54) is 19.4 Å². The molecule has 0 bridgehead atoms. The minimum absolute atomic E-state index is 0.282. The summed E-state index contributed by atoms with van der Waals surface area (Å²) in [6.07, 6.45) is 5.97. The maximum atomic E-state index is 9.57. The molecule has 3 nitrogen and oxygen atoms in total. The average Bonchev–Trinajstić information content (AvgIpc) is 3.06. The smallest absolute Gasteiger partial charge is 0.108 e. The van der Waals surface area contributed by atoms with Crippen LogP contribution in [0.5, 0.6) is 0 Å². The van der Waals surface area contributed by atoms with Crippen LogP contribution in [0.25, 0.3) is 0 Å². The number of nitrogens with one attached hydrogen (secondary N) is 1. The Morgan fingerprint density at radius 2 is 1.95 bits per heavy atom. The summed E-state index contributed by atoms with van der Waals surface area (Å²) in [6.45, 7) is 10.1. The third-order valence-corrected chi connectivity index (χ3v) is 4.57. The molecule has 0 amide bonds. The summed E-state index contributed by atoms with van der Waals surface area (Å²) >= 11 is 0. The summed E-state index contributed by atoms with van der Waals surface area (Å²) < 4.78 is 0. The van der Waals surface area contributed by atoms with Crippen molar-refractivity contribution in [2.24, 2.45) is 5.92 Å². The third-order valence-electron chi connectivity index (χ3n) is 4.57. The van der Waals surface area contributed by atoms with Gasteiger partial charge in [0.05, 0.1) is 6.07 Å². The molecule has 0 aromatic rings. The van der Waals surface area contributed by atoms with Crippen LogP contribution in [0.3, 0.4) is 0 Å². The van der Waals surface area contributed by atoms with Gasteiger partial charge in [0.2, 0.25) is 0 Å². The second kappa shape index (κ2) is 5.81. The van der Waals surface area contributed by atoms with Gasteiger partial charge < -0.3 is 0 Å². The fourth-order valence-electron chi connectivity index (χ4n) is 3.50. The molecule has 2 fully saturated rings. The summed E-state index contributed by atoms with van der Waals surface area (Å²) in [5, 5.41) is 13.1. The fourth-order valence-corrected chi connectivity index (χ4v) is 3.50. The second-order valence-electron chi connectivity index (χ2n) is 7.12. The van der Waals surface area contributed by atoms with E-state index in [0.29, 0.717) is 18.1 Å². The molecule has 0 heterocycles. The molecule has 0 radical (unpaired) electrons. The lowest BCUT2D eigenvalue weighted by atomic mass is 9.98. The number of hydrogen-bond acceptors (Lipinski definition) is 3. The summed E-state index contributed by atoms with van der Waals surface area (Å²) in [5.41, 5.74) is -0.282. The first kappa shape index (κ1) is 14.8. The van der Waals surface area contributed by atoms with E-state index in [1.54, 1.807) is 0 Å². The van der Waals surface area contributed by atoms with Crippen LogP contribution in [0.15, 0.2) is 0 Å². The van der Waals surface area contributed by atoms with Crippen LogP contribution in [-0.2, 0) is 0 Å². The maximum absolute atomic E-state index is 9.57. The Balaban J connectivity index is 1.99. The van der Waals surface area contributed by atoms with Gasteiger partial charge in [-0.15, -0.1) is 0 Å². The minimum Gasteiger partial charge on any atom is -0.298 e. The van der Waals surface area contributed by atoms with E-state index in [2.05, 4.69) is 44.0 Å². The minimum atomic E-state index is -0.282. The van der Waals surface area contributed by atoms with Crippen molar-refractivity contribution >= 4 is 0 Å². The first-order chi connectivity index (χ1) is 8.96. The Morgan fingerprint density at radius 1 is 1.26 bits per heavy atom. The van der Waals surface area contributed by atoms with Crippen LogP contribution >= 0.6 is 0 Å². The first-order valence-corrected chi connectivity index (χ1v) is 7.90. The van der Waals surface area contributed by atoms with E-state index in [-0.39, 0.29) is 5.54 Å². The molecule has 2 aliphatic carbocycles. The van der Waals surface area contributed by atoms with E-state index in [4.69, 9.17) is 0 Å². The monoisotopic (exact) mass is 263 g/mol. The Hall–Kier alpha value is -0.590. The predicted octanol–water partition coefficient (Wildman–Crippen LogP) is 2.92. The number of nitriles is 1. The second-order valence-corrected chi connectivity index (χ2v) is 7.12. The highest BCUT2D eigenvalue weighted by Crippen LogP contribution is 2.37. The highest BCUT2D eigenvalue weighted by molar-refractivity contribution is 5.14. The maximum Gasteiger partial charge on any atom is 0.108 e. The van der Waals surface area contributed by atoms with E-state index in [9.17, 15) is 5.26 Å². The molecule has 1 N–H and O–H groups in total. The summed E-state index contributed by atoms with van der Waals surface area (Å²) in [6, 6.07) is 4.13. The largest absolute Gasteiger partial charge is 0.298 e. The third kappa shape index (κ3) is 3.70. The molecule has 0 aromatic carbocycles. The first-order valence-electron chi connectivity index (χ1n) is 7.90. The Morgan fingerprint density at radius 3 is 2.42 bits per heavy atom. The molecule has 0 saturated heterocycles.